The summed E-state index contributed by atoms with van der Waals surface area (Å²) in [6.45, 7) is 3.10. The zero-order valence-corrected chi connectivity index (χ0v) is 16.8. The van der Waals surface area contributed by atoms with Crippen molar-refractivity contribution in [1.29, 1.82) is 0 Å². The number of amides is 2. The number of aromatic nitrogens is 2. The van der Waals surface area contributed by atoms with Gasteiger partial charge in [-0.05, 0) is 54.3 Å². The SMILES string of the molecule is O=C(NCc1cccc(-n2cccn2)c1)NC1CCN(Cc2ccc(F)cc2)CC1. The molecule has 2 aromatic carbocycles. The van der Waals surface area contributed by atoms with E-state index in [9.17, 15) is 9.18 Å². The average Bonchev–Trinajstić information content (AvgIpc) is 3.31. The molecule has 0 aliphatic carbocycles. The van der Waals surface area contributed by atoms with Gasteiger partial charge < -0.3 is 10.6 Å². The molecule has 1 fully saturated rings. The van der Waals surface area contributed by atoms with Gasteiger partial charge in [0.2, 0.25) is 0 Å². The Kier molecular flexibility index (Phi) is 6.39. The molecule has 3 aromatic rings. The van der Waals surface area contributed by atoms with Gasteiger partial charge in [-0.15, -0.1) is 0 Å². The van der Waals surface area contributed by atoms with E-state index in [1.165, 1.54) is 12.1 Å². The Morgan fingerprint density at radius 3 is 2.60 bits per heavy atom. The van der Waals surface area contributed by atoms with Gasteiger partial charge in [-0.1, -0.05) is 24.3 Å². The highest BCUT2D eigenvalue weighted by Crippen LogP contribution is 2.14. The van der Waals surface area contributed by atoms with Gasteiger partial charge in [-0.25, -0.2) is 13.9 Å². The largest absolute Gasteiger partial charge is 0.335 e. The van der Waals surface area contributed by atoms with Crippen molar-refractivity contribution in [2.24, 2.45) is 0 Å². The zero-order valence-electron chi connectivity index (χ0n) is 16.8. The monoisotopic (exact) mass is 407 g/mol. The van der Waals surface area contributed by atoms with E-state index in [0.29, 0.717) is 6.54 Å². The molecule has 1 aliphatic rings. The van der Waals surface area contributed by atoms with Crippen molar-refractivity contribution in [2.45, 2.75) is 32.0 Å². The Morgan fingerprint density at radius 2 is 1.87 bits per heavy atom. The maximum Gasteiger partial charge on any atom is 0.315 e. The van der Waals surface area contributed by atoms with Crippen molar-refractivity contribution in [3.63, 3.8) is 0 Å². The highest BCUT2D eigenvalue weighted by Gasteiger charge is 2.20. The Hall–Kier alpha value is -3.19. The van der Waals surface area contributed by atoms with Gasteiger partial charge in [0.05, 0.1) is 5.69 Å². The minimum atomic E-state index is -0.208. The van der Waals surface area contributed by atoms with Crippen LogP contribution in [0.4, 0.5) is 9.18 Å². The minimum absolute atomic E-state index is 0.142. The molecule has 156 valence electrons. The van der Waals surface area contributed by atoms with Crippen LogP contribution in [0.2, 0.25) is 0 Å². The van der Waals surface area contributed by atoms with Gasteiger partial charge in [-0.3, -0.25) is 4.90 Å². The second kappa shape index (κ2) is 9.54. The van der Waals surface area contributed by atoms with Crippen molar-refractivity contribution in [3.8, 4) is 5.69 Å². The number of nitrogens with one attached hydrogen (secondary N) is 2. The van der Waals surface area contributed by atoms with Crippen molar-refractivity contribution >= 4 is 6.03 Å². The van der Waals surface area contributed by atoms with E-state index in [0.717, 1.165) is 49.3 Å². The third-order valence-electron chi connectivity index (χ3n) is 5.37. The van der Waals surface area contributed by atoms with Crippen molar-refractivity contribution in [3.05, 3.63) is 83.9 Å². The fourth-order valence-electron chi connectivity index (χ4n) is 3.73. The van der Waals surface area contributed by atoms with Crippen LogP contribution in [0.1, 0.15) is 24.0 Å². The van der Waals surface area contributed by atoms with Gasteiger partial charge in [0.25, 0.3) is 0 Å². The number of halogens is 1. The first-order chi connectivity index (χ1) is 14.7. The van der Waals surface area contributed by atoms with Crippen LogP contribution in [-0.4, -0.2) is 39.8 Å². The van der Waals surface area contributed by atoms with Crippen molar-refractivity contribution < 1.29 is 9.18 Å². The topological polar surface area (TPSA) is 62.2 Å². The summed E-state index contributed by atoms with van der Waals surface area (Å²) < 4.78 is 14.8. The Labute approximate surface area is 175 Å². The highest BCUT2D eigenvalue weighted by atomic mass is 19.1. The molecule has 1 aliphatic heterocycles. The smallest absolute Gasteiger partial charge is 0.315 e. The lowest BCUT2D eigenvalue weighted by molar-refractivity contribution is 0.186. The van der Waals surface area contributed by atoms with Gasteiger partial charge in [-0.2, -0.15) is 5.10 Å². The van der Waals surface area contributed by atoms with E-state index in [2.05, 4.69) is 20.6 Å². The maximum absolute atomic E-state index is 13.0. The van der Waals surface area contributed by atoms with Gasteiger partial charge in [0.1, 0.15) is 5.82 Å². The fourth-order valence-corrected chi connectivity index (χ4v) is 3.73. The van der Waals surface area contributed by atoms with Crippen LogP contribution in [0, 0.1) is 5.82 Å². The molecule has 30 heavy (non-hydrogen) atoms. The Bertz CT molecular complexity index is 950. The second-order valence-corrected chi connectivity index (χ2v) is 7.62. The van der Waals surface area contributed by atoms with E-state index >= 15 is 0 Å². The molecule has 6 nitrogen and oxygen atoms in total. The van der Waals surface area contributed by atoms with Crippen molar-refractivity contribution in [1.82, 2.24) is 25.3 Å². The third-order valence-corrected chi connectivity index (χ3v) is 5.37. The number of benzene rings is 2. The van der Waals surface area contributed by atoms with Crippen LogP contribution in [0.25, 0.3) is 5.69 Å². The number of hydrogen-bond donors (Lipinski definition) is 2. The number of nitrogens with zero attached hydrogens (tertiary/aromatic N) is 3. The van der Waals surface area contributed by atoms with Gasteiger partial charge >= 0.3 is 6.03 Å². The summed E-state index contributed by atoms with van der Waals surface area (Å²) >= 11 is 0. The first-order valence-electron chi connectivity index (χ1n) is 10.3. The number of urea groups is 1. The van der Waals surface area contributed by atoms with E-state index in [1.54, 1.807) is 10.9 Å². The molecule has 0 unspecified atom stereocenters. The standard InChI is InChI=1S/C23H26FN5O/c24-20-7-5-18(6-8-20)17-28-13-9-21(10-14-28)27-23(30)25-16-19-3-1-4-22(15-19)29-12-2-11-26-29/h1-8,11-12,15,21H,9-10,13-14,16-17H2,(H2,25,27,30). The predicted octanol–water partition coefficient (Wildman–Crippen LogP) is 3.48. The molecule has 1 saturated heterocycles. The van der Waals surface area contributed by atoms with E-state index in [-0.39, 0.29) is 17.9 Å². The molecule has 0 spiro atoms. The number of hydrogen-bond acceptors (Lipinski definition) is 3. The number of rotatable bonds is 6. The molecule has 7 heteroatoms. The Balaban J connectivity index is 1.20. The number of likely N-dealkylation sites (tertiary alicyclic amines) is 1. The lowest BCUT2D eigenvalue weighted by Crippen LogP contribution is -2.47. The lowest BCUT2D eigenvalue weighted by Gasteiger charge is -2.32. The molecule has 2 heterocycles. The molecular weight excluding hydrogens is 381 g/mol. The normalized spacial score (nSPS) is 15.1. The number of piperidine rings is 1. The van der Waals surface area contributed by atoms with Crippen LogP contribution in [-0.2, 0) is 13.1 Å². The summed E-state index contributed by atoms with van der Waals surface area (Å²) in [6.07, 6.45) is 5.44. The van der Waals surface area contributed by atoms with Crippen LogP contribution in [0.15, 0.2) is 67.0 Å². The van der Waals surface area contributed by atoms with Crippen molar-refractivity contribution in [2.75, 3.05) is 13.1 Å². The summed E-state index contributed by atoms with van der Waals surface area (Å²) in [5.74, 6) is -0.208. The van der Waals surface area contributed by atoms with Gasteiger partial charge in [0.15, 0.2) is 0 Å². The molecular formula is C23H26FN5O. The van der Waals surface area contributed by atoms with E-state index < -0.39 is 0 Å². The van der Waals surface area contributed by atoms with E-state index in [4.69, 9.17) is 0 Å². The fraction of sp³-hybridized carbons (Fsp3) is 0.304. The first-order valence-corrected chi connectivity index (χ1v) is 10.3. The molecule has 2 N–H and O–H groups in total. The number of carbonyl (C=O) groups is 1. The summed E-state index contributed by atoms with van der Waals surface area (Å²) in [5, 5.41) is 10.3. The third kappa shape index (κ3) is 5.45. The van der Waals surface area contributed by atoms with Gasteiger partial charge in [0, 0.05) is 44.6 Å². The quantitative estimate of drug-likeness (QED) is 0.658. The molecule has 1 aromatic heterocycles. The predicted molar refractivity (Wildman–Crippen MR) is 114 cm³/mol. The summed E-state index contributed by atoms with van der Waals surface area (Å²) in [4.78, 5) is 14.7. The molecule has 0 saturated carbocycles. The Morgan fingerprint density at radius 1 is 1.07 bits per heavy atom. The van der Waals surface area contributed by atoms with E-state index in [1.807, 2.05) is 48.7 Å². The molecule has 0 radical (unpaired) electrons. The first kappa shape index (κ1) is 20.1. The minimum Gasteiger partial charge on any atom is -0.335 e. The average molecular weight is 407 g/mol. The van der Waals surface area contributed by atoms with Crippen LogP contribution >= 0.6 is 0 Å². The lowest BCUT2D eigenvalue weighted by atomic mass is 10.0. The second-order valence-electron chi connectivity index (χ2n) is 7.62. The zero-order chi connectivity index (χ0) is 20.8. The summed E-state index contributed by atoms with van der Waals surface area (Å²) in [7, 11) is 0. The maximum atomic E-state index is 13.0. The number of carbonyl (C=O) groups excluding carboxylic acids is 1. The van der Waals surface area contributed by atoms with Crippen LogP contribution < -0.4 is 10.6 Å². The molecule has 0 atom stereocenters. The van der Waals surface area contributed by atoms with Crippen LogP contribution in [0.5, 0.6) is 0 Å². The van der Waals surface area contributed by atoms with Crippen LogP contribution in [0.3, 0.4) is 0 Å². The molecule has 4 rings (SSSR count). The highest BCUT2D eigenvalue weighted by molar-refractivity contribution is 5.74. The summed E-state index contributed by atoms with van der Waals surface area (Å²) in [5.41, 5.74) is 3.10. The molecule has 2 amide bonds. The summed E-state index contributed by atoms with van der Waals surface area (Å²) in [6, 6.07) is 16.5. The molecule has 0 bridgehead atoms.